The summed E-state index contributed by atoms with van der Waals surface area (Å²) in [6, 6.07) is 16.5. The van der Waals surface area contributed by atoms with Crippen LogP contribution in [0, 0.1) is 19.7 Å². The van der Waals surface area contributed by atoms with E-state index in [0.717, 1.165) is 9.13 Å². The molecule has 0 aliphatic rings. The van der Waals surface area contributed by atoms with Gasteiger partial charge in [0.15, 0.2) is 10.1 Å². The van der Waals surface area contributed by atoms with Crippen LogP contribution in [0.3, 0.4) is 0 Å². The average Bonchev–Trinajstić information content (AvgIpc) is 2.55. The van der Waals surface area contributed by atoms with E-state index in [0.29, 0.717) is 0 Å². The Morgan fingerprint density at radius 1 is 0.926 bits per heavy atom. The predicted molar refractivity (Wildman–Crippen MR) is 87.0 cm³/mol. The number of rotatable bonds is 2. The maximum absolute atomic E-state index is 12.0. The molecule has 2 rings (SSSR count). The van der Waals surface area contributed by atoms with Crippen LogP contribution in [0.25, 0.3) is 0 Å². The van der Waals surface area contributed by atoms with Crippen molar-refractivity contribution in [2.75, 3.05) is 0 Å². The lowest BCUT2D eigenvalue weighted by molar-refractivity contribution is -0.535. The van der Waals surface area contributed by atoms with E-state index in [1.807, 2.05) is 37.3 Å². The van der Waals surface area contributed by atoms with Crippen LogP contribution in [0.5, 0.6) is 0 Å². The van der Waals surface area contributed by atoms with Gasteiger partial charge in [-0.05, 0) is 31.2 Å². The molecule has 0 fully saturated rings. The van der Waals surface area contributed by atoms with Crippen molar-refractivity contribution < 1.29 is 55.8 Å². The first-order valence-corrected chi connectivity index (χ1v) is 11.9. The molecule has 0 saturated heterocycles. The summed E-state index contributed by atoms with van der Waals surface area (Å²) in [4.78, 5) is 0.266. The van der Waals surface area contributed by atoms with Gasteiger partial charge in [-0.1, -0.05) is 35.9 Å². The molecule has 0 bridgehead atoms. The van der Waals surface area contributed by atoms with Gasteiger partial charge in [-0.15, -0.1) is 0 Å². The van der Waals surface area contributed by atoms with Crippen LogP contribution in [0.4, 0.5) is 13.2 Å². The molecular weight excluding hydrogens is 520 g/mol. The molecule has 0 unspecified atom stereocenters. The Balaban J connectivity index is 0.000000387. The van der Waals surface area contributed by atoms with Crippen LogP contribution in [0.2, 0.25) is 0 Å². The molecule has 0 aliphatic heterocycles. The van der Waals surface area contributed by atoms with Crippen molar-refractivity contribution in [3.8, 4) is 9.18 Å². The summed E-state index contributed by atoms with van der Waals surface area (Å²) < 4.78 is 86.8. The van der Waals surface area contributed by atoms with Crippen LogP contribution >= 0.6 is 0 Å². The molecule has 2 aromatic carbocycles. The van der Waals surface area contributed by atoms with Gasteiger partial charge < -0.3 is 4.55 Å². The van der Waals surface area contributed by atoms with E-state index in [1.54, 1.807) is 24.3 Å². The zero-order chi connectivity index (χ0) is 20.7. The van der Waals surface area contributed by atoms with Crippen LogP contribution in [0.15, 0.2) is 59.5 Å². The number of hydrogen-bond donors (Lipinski definition) is 0. The standard InChI is InChI=1S/C15H12IO2S.CHF3O3S/c1-13-7-9-15(10-8-13)19(17,18)12-11-16-14-5-3-2-4-6-14;2-1(3,4)8(5,6)7/h2-10H,1H3;(H,5,6,7)/q+1;/p-1. The van der Waals surface area contributed by atoms with E-state index in [2.05, 4.69) is 9.18 Å². The van der Waals surface area contributed by atoms with Crippen molar-refractivity contribution in [1.29, 1.82) is 0 Å². The minimum Gasteiger partial charge on any atom is -0.741 e. The largest absolute Gasteiger partial charge is 0.741 e. The molecule has 0 aliphatic carbocycles. The minimum absolute atomic E-state index is 0.266. The van der Waals surface area contributed by atoms with Gasteiger partial charge in [-0.2, -0.15) is 13.2 Å². The molecule has 0 atom stereocenters. The van der Waals surface area contributed by atoms with E-state index in [4.69, 9.17) is 13.0 Å². The van der Waals surface area contributed by atoms with E-state index < -0.39 is 46.7 Å². The van der Waals surface area contributed by atoms with E-state index >= 15 is 0 Å². The first-order valence-electron chi connectivity index (χ1n) is 6.87. The monoisotopic (exact) mass is 532 g/mol. The Kier molecular flexibility index (Phi) is 8.27. The highest BCUT2D eigenvalue weighted by molar-refractivity contribution is 7.96. The molecule has 0 radical (unpaired) electrons. The van der Waals surface area contributed by atoms with Crippen LogP contribution in [0.1, 0.15) is 5.56 Å². The highest BCUT2D eigenvalue weighted by Gasteiger charge is 2.36. The van der Waals surface area contributed by atoms with Gasteiger partial charge in [-0.3, -0.25) is 0 Å². The normalized spacial score (nSPS) is 11.6. The Bertz CT molecular complexity index is 1020. The van der Waals surface area contributed by atoms with Crippen molar-refractivity contribution in [3.63, 3.8) is 0 Å². The maximum atomic E-state index is 12.0. The maximum Gasteiger partial charge on any atom is 0.485 e. The molecule has 0 saturated carbocycles. The predicted octanol–water partition coefficient (Wildman–Crippen LogP) is -0.303. The molecule has 2 aromatic rings. The summed E-state index contributed by atoms with van der Waals surface area (Å²) in [7, 11) is -9.57. The molecule has 11 heteroatoms. The van der Waals surface area contributed by atoms with Crippen molar-refractivity contribution in [2.45, 2.75) is 17.3 Å². The smallest absolute Gasteiger partial charge is 0.485 e. The third-order valence-electron chi connectivity index (χ3n) is 2.68. The Labute approximate surface area is 165 Å². The number of halogens is 4. The zero-order valence-corrected chi connectivity index (χ0v) is 17.4. The van der Waals surface area contributed by atoms with Crippen molar-refractivity contribution in [2.24, 2.45) is 0 Å². The molecule has 0 N–H and O–H groups in total. The lowest BCUT2D eigenvalue weighted by atomic mass is 10.2. The number of hydrogen-bond acceptors (Lipinski definition) is 5. The van der Waals surface area contributed by atoms with Gasteiger partial charge in [0.1, 0.15) is 0 Å². The van der Waals surface area contributed by atoms with Gasteiger partial charge in [0, 0.05) is 0 Å². The number of sulfone groups is 1. The van der Waals surface area contributed by atoms with Crippen LogP contribution in [-0.4, -0.2) is 26.9 Å². The number of aryl methyl sites for hydroxylation is 1. The Hall–Kier alpha value is -1.62. The molecule has 0 heterocycles. The number of alkyl halides is 3. The molecule has 5 nitrogen and oxygen atoms in total. The fourth-order valence-electron chi connectivity index (χ4n) is 1.38. The van der Waals surface area contributed by atoms with Crippen molar-refractivity contribution in [3.05, 3.63) is 63.7 Å². The fourth-order valence-corrected chi connectivity index (χ4v) is 4.42. The summed E-state index contributed by atoms with van der Waals surface area (Å²) in [6.45, 7) is 1.92. The van der Waals surface area contributed by atoms with Gasteiger partial charge in [-0.25, -0.2) is 16.8 Å². The second-order valence-electron chi connectivity index (χ2n) is 4.80. The molecular formula is C16H12F3IO5S2. The molecule has 0 amide bonds. The fraction of sp³-hybridized carbons (Fsp3) is 0.125. The summed E-state index contributed by atoms with van der Waals surface area (Å²) in [5.74, 6) is 0. The van der Waals surface area contributed by atoms with Gasteiger partial charge in [0.25, 0.3) is 0 Å². The van der Waals surface area contributed by atoms with Crippen molar-refractivity contribution in [1.82, 2.24) is 0 Å². The van der Waals surface area contributed by atoms with Crippen LogP contribution in [-0.2, 0) is 20.0 Å². The summed E-state index contributed by atoms with van der Waals surface area (Å²) in [5.41, 5.74) is -4.61. The average molecular weight is 532 g/mol. The second-order valence-corrected chi connectivity index (χ2v) is 10.2. The van der Waals surface area contributed by atoms with Crippen molar-refractivity contribution >= 4 is 20.0 Å². The quantitative estimate of drug-likeness (QED) is 0.229. The third kappa shape index (κ3) is 8.29. The topological polar surface area (TPSA) is 91.3 Å². The van der Waals surface area contributed by atoms with Crippen LogP contribution < -0.4 is 21.2 Å². The molecule has 0 aromatic heterocycles. The van der Waals surface area contributed by atoms with E-state index in [1.165, 1.54) is 0 Å². The van der Waals surface area contributed by atoms with E-state index in [-0.39, 0.29) is 4.90 Å². The van der Waals surface area contributed by atoms with E-state index in [9.17, 15) is 21.6 Å². The molecule has 0 spiro atoms. The summed E-state index contributed by atoms with van der Waals surface area (Å²) in [6.07, 6.45) is 0. The summed E-state index contributed by atoms with van der Waals surface area (Å²) in [5, 5.41) is 2.41. The highest BCUT2D eigenvalue weighted by Crippen LogP contribution is 2.20. The number of benzene rings is 2. The van der Waals surface area contributed by atoms with Gasteiger partial charge in [0.2, 0.25) is 17.3 Å². The van der Waals surface area contributed by atoms with Gasteiger partial charge >= 0.3 is 26.7 Å². The third-order valence-corrected chi connectivity index (χ3v) is 6.76. The Morgan fingerprint density at radius 3 is 1.85 bits per heavy atom. The zero-order valence-electron chi connectivity index (χ0n) is 13.6. The summed E-state index contributed by atoms with van der Waals surface area (Å²) >= 11 is -0.578. The SMILES string of the molecule is Cc1ccc(S(=O)(=O)C#C[I+]c2ccccc2)cc1.O=S(=O)([O-])C(F)(F)F. The first-order chi connectivity index (χ1) is 12.3. The second kappa shape index (κ2) is 9.54. The van der Waals surface area contributed by atoms with Gasteiger partial charge in [0.05, 0.1) is 10.1 Å². The lowest BCUT2D eigenvalue weighted by Gasteiger charge is -2.08. The first kappa shape index (κ1) is 23.4. The molecule has 27 heavy (non-hydrogen) atoms. The highest BCUT2D eigenvalue weighted by atomic mass is 127. The molecule has 146 valence electrons. The Morgan fingerprint density at radius 2 is 1.41 bits per heavy atom. The lowest BCUT2D eigenvalue weighted by Crippen LogP contribution is -3.59. The minimum atomic E-state index is -6.09.